The van der Waals surface area contributed by atoms with Gasteiger partial charge in [-0.3, -0.25) is 4.90 Å². The van der Waals surface area contributed by atoms with E-state index in [4.69, 9.17) is 10.5 Å². The van der Waals surface area contributed by atoms with Crippen molar-refractivity contribution in [2.75, 3.05) is 20.6 Å². The number of carbonyl (C=O) groups excluding carboxylic acids is 1. The molecule has 5 heteroatoms. The first-order valence-electron chi connectivity index (χ1n) is 9.59. The predicted molar refractivity (Wildman–Crippen MR) is 115 cm³/mol. The number of hydrogen-bond acceptors (Lipinski definition) is 4. The number of rotatable bonds is 13. The van der Waals surface area contributed by atoms with Crippen molar-refractivity contribution in [2.45, 2.75) is 91.2 Å². The summed E-state index contributed by atoms with van der Waals surface area (Å²) in [6, 6.07) is 0. The minimum absolute atomic E-state index is 0. The molecule has 4 nitrogen and oxygen atoms in total. The quantitative estimate of drug-likeness (QED) is 0.185. The highest BCUT2D eigenvalue weighted by atomic mass is 79.9. The van der Waals surface area contributed by atoms with Gasteiger partial charge in [0.15, 0.2) is 6.23 Å². The predicted octanol–water partition coefficient (Wildman–Crippen LogP) is 5.46. The number of esters is 1. The molecule has 0 radical (unpaired) electrons. The number of hydrogen-bond donors (Lipinski definition) is 1. The molecule has 2 N–H and O–H groups in total. The zero-order valence-corrected chi connectivity index (χ0v) is 19.0. The Labute approximate surface area is 167 Å². The topological polar surface area (TPSA) is 55.6 Å². The monoisotopic (exact) mass is 422 g/mol. The van der Waals surface area contributed by atoms with Gasteiger partial charge in [-0.05, 0) is 40.9 Å². The normalized spacial score (nSPS) is 11.2. The van der Waals surface area contributed by atoms with E-state index in [-0.39, 0.29) is 29.2 Å². The number of unbranched alkanes of at least 4 members (excludes halogenated alkanes) is 9. The largest absolute Gasteiger partial charge is 0.443 e. The van der Waals surface area contributed by atoms with Crippen molar-refractivity contribution in [3.05, 3.63) is 12.2 Å². The van der Waals surface area contributed by atoms with Gasteiger partial charge < -0.3 is 10.5 Å². The summed E-state index contributed by atoms with van der Waals surface area (Å²) in [5, 5.41) is 0. The second kappa shape index (κ2) is 21.7. The van der Waals surface area contributed by atoms with E-state index < -0.39 is 0 Å². The zero-order valence-electron chi connectivity index (χ0n) is 17.3. The third kappa shape index (κ3) is 23.6. The summed E-state index contributed by atoms with van der Waals surface area (Å²) in [5.41, 5.74) is 5.85. The van der Waals surface area contributed by atoms with Crippen LogP contribution in [0.1, 0.15) is 85.0 Å². The molecule has 0 fully saturated rings. The summed E-state index contributed by atoms with van der Waals surface area (Å²) in [6.07, 6.45) is 13.7. The lowest BCUT2D eigenvalue weighted by molar-refractivity contribution is -0.150. The van der Waals surface area contributed by atoms with Crippen LogP contribution in [0.5, 0.6) is 0 Å². The first-order valence-corrected chi connectivity index (χ1v) is 9.59. The molecule has 0 aromatic carbocycles. The van der Waals surface area contributed by atoms with Gasteiger partial charge in [-0.1, -0.05) is 71.3 Å². The average Bonchev–Trinajstić information content (AvgIpc) is 2.53. The molecular formula is C20H43BrN2O2. The Morgan fingerprint density at radius 2 is 1.40 bits per heavy atom. The molecule has 152 valence electrons. The third-order valence-electron chi connectivity index (χ3n) is 3.91. The van der Waals surface area contributed by atoms with Gasteiger partial charge in [-0.2, -0.15) is 0 Å². The van der Waals surface area contributed by atoms with Crippen LogP contribution in [0, 0.1) is 0 Å². The molecule has 0 aromatic rings. The average molecular weight is 423 g/mol. The number of halogens is 1. The number of nitrogens with zero attached hydrogens (tertiary/aromatic N) is 1. The van der Waals surface area contributed by atoms with Gasteiger partial charge in [0, 0.05) is 5.57 Å². The molecule has 0 amide bonds. The second-order valence-electron chi connectivity index (χ2n) is 6.72. The molecule has 0 spiro atoms. The molecule has 0 saturated heterocycles. The summed E-state index contributed by atoms with van der Waals surface area (Å²) in [6.45, 7) is 10.1. The summed E-state index contributed by atoms with van der Waals surface area (Å²) >= 11 is 0. The lowest BCUT2D eigenvalue weighted by Gasteiger charge is -2.19. The molecule has 0 rings (SSSR count). The van der Waals surface area contributed by atoms with E-state index in [1.165, 1.54) is 64.2 Å². The molecule has 0 saturated carbocycles. The van der Waals surface area contributed by atoms with Crippen LogP contribution in [-0.4, -0.2) is 37.7 Å². The smallest absolute Gasteiger partial charge is 0.334 e. The number of carbonyl (C=O) groups is 1. The van der Waals surface area contributed by atoms with Crippen LogP contribution in [0.25, 0.3) is 0 Å². The fraction of sp³-hybridized carbons (Fsp3) is 0.850. The van der Waals surface area contributed by atoms with Gasteiger partial charge >= 0.3 is 5.97 Å². The van der Waals surface area contributed by atoms with Crippen molar-refractivity contribution < 1.29 is 9.53 Å². The van der Waals surface area contributed by atoms with Gasteiger partial charge in [0.1, 0.15) is 0 Å². The van der Waals surface area contributed by atoms with E-state index in [1.54, 1.807) is 18.7 Å². The Balaban J connectivity index is -0.000000377. The van der Waals surface area contributed by atoms with E-state index in [0.717, 1.165) is 6.54 Å². The lowest BCUT2D eigenvalue weighted by atomic mass is 10.1. The molecule has 1 atom stereocenters. The van der Waals surface area contributed by atoms with Gasteiger partial charge in [0.05, 0.1) is 0 Å². The SMILES string of the molecule is Br.C=C(C)C(=O)OC(C)N(C)C.CCCCCCCCCCCCN. The van der Waals surface area contributed by atoms with Crippen LogP contribution in [0.4, 0.5) is 0 Å². The maximum Gasteiger partial charge on any atom is 0.334 e. The number of ether oxygens (including phenoxy) is 1. The van der Waals surface area contributed by atoms with Gasteiger partial charge in [-0.25, -0.2) is 4.79 Å². The summed E-state index contributed by atoms with van der Waals surface area (Å²) in [4.78, 5) is 12.7. The van der Waals surface area contributed by atoms with Gasteiger partial charge in [-0.15, -0.1) is 17.0 Å². The maximum absolute atomic E-state index is 10.9. The summed E-state index contributed by atoms with van der Waals surface area (Å²) < 4.78 is 4.96. The molecular weight excluding hydrogens is 380 g/mol. The third-order valence-corrected chi connectivity index (χ3v) is 3.91. The standard InChI is InChI=1S/C12H27N.C8H15NO2.BrH/c1-2-3-4-5-6-7-8-9-10-11-12-13;1-6(2)8(10)11-7(3)9(4)5;/h2-13H2,1H3;7H,1H2,2-5H3;1H. The Kier molecular flexibility index (Phi) is 25.4. The molecule has 25 heavy (non-hydrogen) atoms. The lowest BCUT2D eigenvalue weighted by Crippen LogP contribution is -2.30. The van der Waals surface area contributed by atoms with Crippen molar-refractivity contribution in [3.63, 3.8) is 0 Å². The van der Waals surface area contributed by atoms with Crippen LogP contribution >= 0.6 is 17.0 Å². The van der Waals surface area contributed by atoms with Crippen LogP contribution in [-0.2, 0) is 9.53 Å². The molecule has 0 aromatic heterocycles. The van der Waals surface area contributed by atoms with Crippen LogP contribution in [0.2, 0.25) is 0 Å². The van der Waals surface area contributed by atoms with Crippen molar-refractivity contribution in [2.24, 2.45) is 5.73 Å². The Morgan fingerprint density at radius 3 is 1.72 bits per heavy atom. The van der Waals surface area contributed by atoms with Crippen molar-refractivity contribution in [1.82, 2.24) is 4.90 Å². The van der Waals surface area contributed by atoms with E-state index in [0.29, 0.717) is 5.57 Å². The van der Waals surface area contributed by atoms with E-state index in [2.05, 4.69) is 13.5 Å². The minimum Gasteiger partial charge on any atom is -0.443 e. The minimum atomic E-state index is -0.341. The van der Waals surface area contributed by atoms with E-state index >= 15 is 0 Å². The highest BCUT2D eigenvalue weighted by molar-refractivity contribution is 8.93. The van der Waals surface area contributed by atoms with Crippen molar-refractivity contribution in [3.8, 4) is 0 Å². The highest BCUT2D eigenvalue weighted by Crippen LogP contribution is 2.09. The van der Waals surface area contributed by atoms with Crippen molar-refractivity contribution >= 4 is 23.0 Å². The first-order chi connectivity index (χ1) is 11.4. The Bertz CT molecular complexity index is 300. The summed E-state index contributed by atoms with van der Waals surface area (Å²) in [5.74, 6) is -0.341. The van der Waals surface area contributed by atoms with E-state index in [9.17, 15) is 4.79 Å². The van der Waals surface area contributed by atoms with E-state index in [1.807, 2.05) is 14.1 Å². The molecule has 0 aliphatic carbocycles. The van der Waals surface area contributed by atoms with Gasteiger partial charge in [0.2, 0.25) is 0 Å². The number of nitrogens with two attached hydrogens (primary N) is 1. The first kappa shape index (κ1) is 29.4. The molecule has 0 aliphatic heterocycles. The fourth-order valence-corrected chi connectivity index (χ4v) is 1.99. The van der Waals surface area contributed by atoms with Crippen LogP contribution < -0.4 is 5.73 Å². The van der Waals surface area contributed by atoms with Crippen LogP contribution in [0.3, 0.4) is 0 Å². The Hall–Kier alpha value is -0.390. The zero-order chi connectivity index (χ0) is 18.8. The molecule has 0 aliphatic rings. The van der Waals surface area contributed by atoms with Crippen LogP contribution in [0.15, 0.2) is 12.2 Å². The second-order valence-corrected chi connectivity index (χ2v) is 6.72. The van der Waals surface area contributed by atoms with Gasteiger partial charge in [0.25, 0.3) is 0 Å². The molecule has 1 unspecified atom stereocenters. The molecule has 0 bridgehead atoms. The molecule has 0 heterocycles. The summed E-state index contributed by atoms with van der Waals surface area (Å²) in [7, 11) is 3.69. The van der Waals surface area contributed by atoms with Crippen molar-refractivity contribution in [1.29, 1.82) is 0 Å². The fourth-order valence-electron chi connectivity index (χ4n) is 1.99. The highest BCUT2D eigenvalue weighted by Gasteiger charge is 2.10. The maximum atomic E-state index is 10.9. The Morgan fingerprint density at radius 1 is 1.00 bits per heavy atom.